The van der Waals surface area contributed by atoms with Crippen LogP contribution >= 0.6 is 11.3 Å². The van der Waals surface area contributed by atoms with Gasteiger partial charge in [-0.25, -0.2) is 0 Å². The van der Waals surface area contributed by atoms with E-state index in [-0.39, 0.29) is 6.42 Å². The molecule has 0 radical (unpaired) electrons. The fraction of sp³-hybridized carbons (Fsp3) is 0.312. The van der Waals surface area contributed by atoms with Crippen LogP contribution in [0.25, 0.3) is 0 Å². The van der Waals surface area contributed by atoms with E-state index in [1.54, 1.807) is 11.3 Å². The monoisotopic (exact) mass is 289 g/mol. The number of aliphatic carboxylic acids is 1. The van der Waals surface area contributed by atoms with Gasteiger partial charge in [0, 0.05) is 17.5 Å². The number of carboxylic acid groups (broad SMARTS) is 1. The van der Waals surface area contributed by atoms with Crippen molar-refractivity contribution in [3.05, 3.63) is 57.8 Å². The van der Waals surface area contributed by atoms with Gasteiger partial charge >= 0.3 is 5.97 Å². The molecule has 20 heavy (non-hydrogen) atoms. The zero-order chi connectivity index (χ0) is 14.4. The predicted molar refractivity (Wildman–Crippen MR) is 82.0 cm³/mol. The molecule has 0 bridgehead atoms. The first-order valence-corrected chi connectivity index (χ1v) is 7.64. The molecule has 0 saturated carbocycles. The van der Waals surface area contributed by atoms with Crippen molar-refractivity contribution in [1.29, 1.82) is 0 Å². The maximum atomic E-state index is 10.9. The standard InChI is InChI=1S/C16H19NO2S/c1-2-14(15-8-5-9-20-15)17-11-13-7-4-3-6-12(13)10-16(18)19/h3-9,14,17H,2,10-11H2,1H3,(H,18,19). The summed E-state index contributed by atoms with van der Waals surface area (Å²) in [4.78, 5) is 12.2. The molecule has 3 nitrogen and oxygen atoms in total. The summed E-state index contributed by atoms with van der Waals surface area (Å²) in [7, 11) is 0. The molecule has 0 saturated heterocycles. The van der Waals surface area contributed by atoms with Crippen LogP contribution < -0.4 is 5.32 Å². The Hall–Kier alpha value is -1.65. The number of carboxylic acids is 1. The van der Waals surface area contributed by atoms with E-state index in [0.717, 1.165) is 17.5 Å². The van der Waals surface area contributed by atoms with Crippen LogP contribution in [0.4, 0.5) is 0 Å². The highest BCUT2D eigenvalue weighted by molar-refractivity contribution is 7.10. The number of thiophene rings is 1. The molecule has 0 aliphatic heterocycles. The van der Waals surface area contributed by atoms with Gasteiger partial charge in [0.1, 0.15) is 0 Å². The topological polar surface area (TPSA) is 49.3 Å². The number of benzene rings is 1. The highest BCUT2D eigenvalue weighted by Gasteiger charge is 2.11. The molecular weight excluding hydrogens is 270 g/mol. The number of rotatable bonds is 7. The third kappa shape index (κ3) is 3.92. The summed E-state index contributed by atoms with van der Waals surface area (Å²) in [5.41, 5.74) is 1.94. The Bertz CT molecular complexity index is 551. The van der Waals surface area contributed by atoms with Crippen LogP contribution in [0.1, 0.15) is 35.4 Å². The Morgan fingerprint density at radius 2 is 2.00 bits per heavy atom. The van der Waals surface area contributed by atoms with Crippen LogP contribution in [-0.4, -0.2) is 11.1 Å². The first-order chi connectivity index (χ1) is 9.70. The Balaban J connectivity index is 2.04. The Morgan fingerprint density at radius 3 is 2.60 bits per heavy atom. The van der Waals surface area contributed by atoms with Gasteiger partial charge in [-0.15, -0.1) is 11.3 Å². The zero-order valence-corrected chi connectivity index (χ0v) is 12.3. The zero-order valence-electron chi connectivity index (χ0n) is 11.5. The molecular formula is C16H19NO2S. The summed E-state index contributed by atoms with van der Waals surface area (Å²) in [6.07, 6.45) is 1.09. The van der Waals surface area contributed by atoms with E-state index in [1.165, 1.54) is 4.88 Å². The first-order valence-electron chi connectivity index (χ1n) is 6.76. The molecule has 0 aliphatic carbocycles. The second kappa shape index (κ2) is 7.22. The Labute approximate surface area is 123 Å². The third-order valence-electron chi connectivity index (χ3n) is 3.29. The molecule has 1 heterocycles. The second-order valence-corrected chi connectivity index (χ2v) is 5.68. The van der Waals surface area contributed by atoms with E-state index in [2.05, 4.69) is 29.8 Å². The molecule has 0 aliphatic rings. The van der Waals surface area contributed by atoms with Crippen molar-refractivity contribution in [2.45, 2.75) is 32.4 Å². The molecule has 4 heteroatoms. The summed E-state index contributed by atoms with van der Waals surface area (Å²) in [5, 5.41) is 14.5. The fourth-order valence-electron chi connectivity index (χ4n) is 2.23. The van der Waals surface area contributed by atoms with Crippen molar-refractivity contribution < 1.29 is 9.90 Å². The quantitative estimate of drug-likeness (QED) is 0.818. The lowest BCUT2D eigenvalue weighted by atomic mass is 10.0. The van der Waals surface area contributed by atoms with E-state index in [9.17, 15) is 4.79 Å². The highest BCUT2D eigenvalue weighted by Crippen LogP contribution is 2.22. The van der Waals surface area contributed by atoms with E-state index in [0.29, 0.717) is 12.6 Å². The summed E-state index contributed by atoms with van der Waals surface area (Å²) in [6, 6.07) is 12.2. The lowest BCUT2D eigenvalue weighted by Crippen LogP contribution is -2.20. The van der Waals surface area contributed by atoms with Crippen LogP contribution in [-0.2, 0) is 17.8 Å². The van der Waals surface area contributed by atoms with Crippen molar-refractivity contribution in [3.8, 4) is 0 Å². The van der Waals surface area contributed by atoms with Crippen molar-refractivity contribution in [2.24, 2.45) is 0 Å². The van der Waals surface area contributed by atoms with Gasteiger partial charge in [-0.1, -0.05) is 37.3 Å². The van der Waals surface area contributed by atoms with Gasteiger partial charge in [-0.3, -0.25) is 4.79 Å². The molecule has 0 spiro atoms. The van der Waals surface area contributed by atoms with Crippen LogP contribution in [0.5, 0.6) is 0 Å². The van der Waals surface area contributed by atoms with Gasteiger partial charge in [0.05, 0.1) is 6.42 Å². The summed E-state index contributed by atoms with van der Waals surface area (Å²) in [5.74, 6) is -0.789. The average molecular weight is 289 g/mol. The molecule has 2 rings (SSSR count). The highest BCUT2D eigenvalue weighted by atomic mass is 32.1. The number of hydrogen-bond donors (Lipinski definition) is 2. The molecule has 2 aromatic rings. The Kier molecular flexibility index (Phi) is 5.32. The van der Waals surface area contributed by atoms with Gasteiger partial charge in [-0.2, -0.15) is 0 Å². The number of carbonyl (C=O) groups is 1. The number of nitrogens with one attached hydrogen (secondary N) is 1. The third-order valence-corrected chi connectivity index (χ3v) is 4.28. The molecule has 1 aromatic carbocycles. The maximum absolute atomic E-state index is 10.9. The van der Waals surface area contributed by atoms with Crippen molar-refractivity contribution in [1.82, 2.24) is 5.32 Å². The van der Waals surface area contributed by atoms with Gasteiger partial charge in [0.2, 0.25) is 0 Å². The van der Waals surface area contributed by atoms with Crippen LogP contribution in [0.15, 0.2) is 41.8 Å². The summed E-state index contributed by atoms with van der Waals surface area (Å²) >= 11 is 1.75. The SMILES string of the molecule is CCC(NCc1ccccc1CC(=O)O)c1cccs1. The molecule has 1 unspecified atom stereocenters. The van der Waals surface area contributed by atoms with Gasteiger partial charge < -0.3 is 10.4 Å². The molecule has 0 fully saturated rings. The summed E-state index contributed by atoms with van der Waals surface area (Å²) in [6.45, 7) is 2.85. The lowest BCUT2D eigenvalue weighted by Gasteiger charge is -2.17. The van der Waals surface area contributed by atoms with E-state index >= 15 is 0 Å². The van der Waals surface area contributed by atoms with Crippen LogP contribution in [0.2, 0.25) is 0 Å². The minimum Gasteiger partial charge on any atom is -0.481 e. The maximum Gasteiger partial charge on any atom is 0.307 e. The lowest BCUT2D eigenvalue weighted by molar-refractivity contribution is -0.136. The van der Waals surface area contributed by atoms with E-state index in [1.807, 2.05) is 24.3 Å². The predicted octanol–water partition coefficient (Wildman–Crippen LogP) is 3.62. The smallest absolute Gasteiger partial charge is 0.307 e. The fourth-order valence-corrected chi connectivity index (χ4v) is 3.12. The molecule has 1 aromatic heterocycles. The molecule has 106 valence electrons. The van der Waals surface area contributed by atoms with Gasteiger partial charge in [-0.05, 0) is 29.0 Å². The van der Waals surface area contributed by atoms with Gasteiger partial charge in [0.15, 0.2) is 0 Å². The van der Waals surface area contributed by atoms with Crippen molar-refractivity contribution in [2.75, 3.05) is 0 Å². The second-order valence-electron chi connectivity index (χ2n) is 4.70. The van der Waals surface area contributed by atoms with Crippen LogP contribution in [0.3, 0.4) is 0 Å². The van der Waals surface area contributed by atoms with E-state index < -0.39 is 5.97 Å². The Morgan fingerprint density at radius 1 is 1.25 bits per heavy atom. The minimum atomic E-state index is -0.789. The number of hydrogen-bond acceptors (Lipinski definition) is 3. The van der Waals surface area contributed by atoms with Crippen LogP contribution in [0, 0.1) is 0 Å². The van der Waals surface area contributed by atoms with Crippen molar-refractivity contribution in [3.63, 3.8) is 0 Å². The summed E-state index contributed by atoms with van der Waals surface area (Å²) < 4.78 is 0. The molecule has 1 atom stereocenters. The van der Waals surface area contributed by atoms with Crippen molar-refractivity contribution >= 4 is 17.3 Å². The molecule has 0 amide bonds. The molecule has 2 N–H and O–H groups in total. The minimum absolute atomic E-state index is 0.0770. The van der Waals surface area contributed by atoms with E-state index in [4.69, 9.17) is 5.11 Å². The van der Waals surface area contributed by atoms with Gasteiger partial charge in [0.25, 0.3) is 0 Å². The normalized spacial score (nSPS) is 12.2. The largest absolute Gasteiger partial charge is 0.481 e. The first kappa shape index (κ1) is 14.8. The average Bonchev–Trinajstić information content (AvgIpc) is 2.95.